The third kappa shape index (κ3) is 6.74. The molecular weight excluding hydrogens is 404 g/mol. The Kier molecular flexibility index (Phi) is 7.54. The Morgan fingerprint density at radius 2 is 2.00 bits per heavy atom. The SMILES string of the molecule is CC(=O)N[C@@H](C)CO[C@H]1CC[C@H](Oc2cc3sc(OCC(F)F)nc3cn2)CC1. The molecule has 1 aliphatic carbocycles. The molecule has 1 saturated carbocycles. The van der Waals surface area contributed by atoms with Crippen LogP contribution >= 0.6 is 11.3 Å². The van der Waals surface area contributed by atoms with Crippen molar-refractivity contribution in [2.75, 3.05) is 13.2 Å². The van der Waals surface area contributed by atoms with E-state index in [1.54, 1.807) is 12.3 Å². The van der Waals surface area contributed by atoms with Gasteiger partial charge in [-0.2, -0.15) is 0 Å². The van der Waals surface area contributed by atoms with Crippen molar-refractivity contribution in [3.05, 3.63) is 12.3 Å². The summed E-state index contributed by atoms with van der Waals surface area (Å²) in [7, 11) is 0. The normalized spacial score (nSPS) is 20.6. The van der Waals surface area contributed by atoms with Crippen molar-refractivity contribution in [2.45, 2.75) is 64.2 Å². The largest absolute Gasteiger partial charge is 0.474 e. The molecule has 1 N–H and O–H groups in total. The van der Waals surface area contributed by atoms with Crippen molar-refractivity contribution in [1.82, 2.24) is 15.3 Å². The fourth-order valence-electron chi connectivity index (χ4n) is 3.21. The molecule has 0 bridgehead atoms. The Bertz CT molecular complexity index is 812. The highest BCUT2D eigenvalue weighted by molar-refractivity contribution is 7.20. The molecule has 29 heavy (non-hydrogen) atoms. The van der Waals surface area contributed by atoms with Crippen LogP contribution < -0.4 is 14.8 Å². The molecule has 1 amide bonds. The first kappa shape index (κ1) is 21.6. The first-order valence-electron chi connectivity index (χ1n) is 9.62. The van der Waals surface area contributed by atoms with Crippen LogP contribution in [0.2, 0.25) is 0 Å². The Balaban J connectivity index is 1.46. The molecule has 3 rings (SSSR count). The lowest BCUT2D eigenvalue weighted by Crippen LogP contribution is -2.36. The predicted octanol–water partition coefficient (Wildman–Crippen LogP) is 3.57. The second kappa shape index (κ2) is 10.1. The molecule has 0 aromatic carbocycles. The molecular formula is C19H25F2N3O4S. The van der Waals surface area contributed by atoms with Crippen molar-refractivity contribution < 1.29 is 27.8 Å². The van der Waals surface area contributed by atoms with E-state index in [0.29, 0.717) is 18.0 Å². The fourth-order valence-corrected chi connectivity index (χ4v) is 4.03. The van der Waals surface area contributed by atoms with Gasteiger partial charge in [-0.15, -0.1) is 0 Å². The zero-order valence-electron chi connectivity index (χ0n) is 16.4. The summed E-state index contributed by atoms with van der Waals surface area (Å²) < 4.78 is 42.1. The molecule has 0 aliphatic heterocycles. The molecule has 1 atom stereocenters. The average Bonchev–Trinajstić information content (AvgIpc) is 3.07. The van der Waals surface area contributed by atoms with Crippen LogP contribution in [0.4, 0.5) is 8.78 Å². The van der Waals surface area contributed by atoms with E-state index in [4.69, 9.17) is 14.2 Å². The third-order valence-corrected chi connectivity index (χ3v) is 5.43. The van der Waals surface area contributed by atoms with Gasteiger partial charge in [0.1, 0.15) is 11.6 Å². The van der Waals surface area contributed by atoms with Gasteiger partial charge in [0, 0.05) is 19.0 Å². The number of hydrogen-bond acceptors (Lipinski definition) is 7. The van der Waals surface area contributed by atoms with Gasteiger partial charge >= 0.3 is 0 Å². The predicted molar refractivity (Wildman–Crippen MR) is 105 cm³/mol. The number of aromatic nitrogens is 2. The lowest BCUT2D eigenvalue weighted by atomic mass is 9.95. The molecule has 0 unspecified atom stereocenters. The van der Waals surface area contributed by atoms with Gasteiger partial charge in [0.25, 0.3) is 11.6 Å². The number of fused-ring (bicyclic) bond motifs is 1. The molecule has 1 fully saturated rings. The van der Waals surface area contributed by atoms with Crippen LogP contribution in [0.3, 0.4) is 0 Å². The maximum atomic E-state index is 12.3. The van der Waals surface area contributed by atoms with E-state index in [-0.39, 0.29) is 29.4 Å². The summed E-state index contributed by atoms with van der Waals surface area (Å²) in [5, 5.41) is 3.01. The number of ether oxygens (including phenoxy) is 3. The Hall–Kier alpha value is -2.07. The van der Waals surface area contributed by atoms with Crippen molar-refractivity contribution in [3.8, 4) is 11.1 Å². The molecule has 160 valence electrons. The Morgan fingerprint density at radius 1 is 1.28 bits per heavy atom. The second-order valence-corrected chi connectivity index (χ2v) is 8.12. The Labute approximate surface area is 171 Å². The van der Waals surface area contributed by atoms with Crippen molar-refractivity contribution in [3.63, 3.8) is 0 Å². The summed E-state index contributed by atoms with van der Waals surface area (Å²) in [4.78, 5) is 19.4. The molecule has 1 aliphatic rings. The number of carbonyl (C=O) groups excluding carboxylic acids is 1. The number of nitrogens with one attached hydrogen (secondary N) is 1. The number of thiazole rings is 1. The van der Waals surface area contributed by atoms with Crippen LogP contribution in [0.25, 0.3) is 10.2 Å². The summed E-state index contributed by atoms with van der Waals surface area (Å²) in [6.45, 7) is 3.23. The standard InChI is InChI=1S/C19H25F2N3O4S/c1-11(23-12(2)25)9-26-13-3-5-14(6-4-13)28-18-7-16-15(8-22-18)24-19(29-16)27-10-17(20)21/h7-8,11,13-14,17H,3-6,9-10H2,1-2H3,(H,23,25)/t11-,13-,14-/m0/s1. The summed E-state index contributed by atoms with van der Waals surface area (Å²) in [6, 6.07) is 1.76. The summed E-state index contributed by atoms with van der Waals surface area (Å²) in [5.41, 5.74) is 0.594. The number of amides is 1. The molecule has 10 heteroatoms. The van der Waals surface area contributed by atoms with Gasteiger partial charge in [-0.1, -0.05) is 11.3 Å². The smallest absolute Gasteiger partial charge is 0.274 e. The van der Waals surface area contributed by atoms with E-state index in [9.17, 15) is 13.6 Å². The summed E-state index contributed by atoms with van der Waals surface area (Å²) in [6.07, 6.45) is 2.71. The first-order valence-corrected chi connectivity index (χ1v) is 10.4. The maximum Gasteiger partial charge on any atom is 0.274 e. The number of nitrogens with zero attached hydrogens (tertiary/aromatic N) is 2. The molecule has 2 heterocycles. The third-order valence-electron chi connectivity index (χ3n) is 4.50. The topological polar surface area (TPSA) is 82.6 Å². The van der Waals surface area contributed by atoms with E-state index < -0.39 is 13.0 Å². The number of rotatable bonds is 9. The number of carbonyl (C=O) groups is 1. The Morgan fingerprint density at radius 3 is 2.69 bits per heavy atom. The highest BCUT2D eigenvalue weighted by atomic mass is 32.1. The molecule has 0 radical (unpaired) electrons. The van der Waals surface area contributed by atoms with Crippen LogP contribution in [0.1, 0.15) is 39.5 Å². The minimum absolute atomic E-state index is 0.00799. The minimum Gasteiger partial charge on any atom is -0.474 e. The molecule has 7 nitrogen and oxygen atoms in total. The van der Waals surface area contributed by atoms with Gasteiger partial charge in [0.05, 0.1) is 23.6 Å². The minimum atomic E-state index is -2.54. The highest BCUT2D eigenvalue weighted by Crippen LogP contribution is 2.31. The van der Waals surface area contributed by atoms with E-state index in [1.807, 2.05) is 6.92 Å². The first-order chi connectivity index (χ1) is 13.9. The van der Waals surface area contributed by atoms with Crippen LogP contribution in [-0.4, -0.2) is 53.8 Å². The summed E-state index contributed by atoms with van der Waals surface area (Å²) >= 11 is 1.19. The van der Waals surface area contributed by atoms with Crippen LogP contribution in [0.5, 0.6) is 11.1 Å². The number of halogens is 2. The lowest BCUT2D eigenvalue weighted by Gasteiger charge is -2.29. The van der Waals surface area contributed by atoms with Gasteiger partial charge < -0.3 is 19.5 Å². The fraction of sp³-hybridized carbons (Fsp3) is 0.632. The van der Waals surface area contributed by atoms with Gasteiger partial charge in [-0.25, -0.2) is 18.7 Å². The van der Waals surface area contributed by atoms with Crippen LogP contribution in [-0.2, 0) is 9.53 Å². The van der Waals surface area contributed by atoms with Crippen LogP contribution in [0, 0.1) is 0 Å². The van der Waals surface area contributed by atoms with Gasteiger partial charge in [0.15, 0.2) is 6.61 Å². The van der Waals surface area contributed by atoms with E-state index >= 15 is 0 Å². The number of pyridine rings is 1. The highest BCUT2D eigenvalue weighted by Gasteiger charge is 2.24. The lowest BCUT2D eigenvalue weighted by molar-refractivity contribution is -0.120. The molecule has 0 saturated heterocycles. The van der Waals surface area contributed by atoms with Crippen molar-refractivity contribution in [1.29, 1.82) is 0 Å². The van der Waals surface area contributed by atoms with Crippen molar-refractivity contribution >= 4 is 27.5 Å². The van der Waals surface area contributed by atoms with Gasteiger partial charge in [-0.3, -0.25) is 4.79 Å². The number of alkyl halides is 2. The maximum absolute atomic E-state index is 12.3. The number of hydrogen-bond donors (Lipinski definition) is 1. The zero-order valence-corrected chi connectivity index (χ0v) is 17.2. The van der Waals surface area contributed by atoms with E-state index in [1.165, 1.54) is 18.3 Å². The van der Waals surface area contributed by atoms with Gasteiger partial charge in [-0.05, 0) is 32.6 Å². The molecule has 2 aromatic rings. The van der Waals surface area contributed by atoms with E-state index in [0.717, 1.165) is 30.4 Å². The monoisotopic (exact) mass is 429 g/mol. The average molecular weight is 429 g/mol. The quantitative estimate of drug-likeness (QED) is 0.656. The van der Waals surface area contributed by atoms with E-state index in [2.05, 4.69) is 15.3 Å². The van der Waals surface area contributed by atoms with Gasteiger partial charge in [0.2, 0.25) is 11.8 Å². The van der Waals surface area contributed by atoms with Crippen molar-refractivity contribution in [2.24, 2.45) is 0 Å². The van der Waals surface area contributed by atoms with Crippen LogP contribution in [0.15, 0.2) is 12.3 Å². The molecule has 0 spiro atoms. The summed E-state index contributed by atoms with van der Waals surface area (Å²) in [5.74, 6) is 0.432. The second-order valence-electron chi connectivity index (χ2n) is 7.12. The molecule has 2 aromatic heterocycles. The zero-order chi connectivity index (χ0) is 20.8.